The molecule has 0 aliphatic rings. The molecule has 0 saturated heterocycles. The fourth-order valence-corrected chi connectivity index (χ4v) is 1.82. The van der Waals surface area contributed by atoms with E-state index in [0.29, 0.717) is 18.3 Å². The van der Waals surface area contributed by atoms with Crippen LogP contribution < -0.4 is 10.1 Å². The summed E-state index contributed by atoms with van der Waals surface area (Å²) >= 11 is 0. The van der Waals surface area contributed by atoms with E-state index in [0.717, 1.165) is 23.6 Å². The van der Waals surface area contributed by atoms with Crippen LogP contribution in [0.15, 0.2) is 30.6 Å². The molecule has 0 spiro atoms. The smallest absolute Gasteiger partial charge is 0.218 e. The predicted molar refractivity (Wildman–Crippen MR) is 78.7 cm³/mol. The molecule has 2 heterocycles. The first-order chi connectivity index (χ1) is 9.67. The van der Waals surface area contributed by atoms with Crippen molar-refractivity contribution in [1.29, 1.82) is 0 Å². The highest BCUT2D eigenvalue weighted by molar-refractivity contribution is 5.39. The van der Waals surface area contributed by atoms with Gasteiger partial charge in [-0.15, -0.1) is 0 Å². The van der Waals surface area contributed by atoms with Crippen LogP contribution in [0.2, 0.25) is 0 Å². The van der Waals surface area contributed by atoms with E-state index >= 15 is 0 Å². The lowest BCUT2D eigenvalue weighted by molar-refractivity contribution is 0.394. The largest absolute Gasteiger partial charge is 0.481 e. The predicted octanol–water partition coefficient (Wildman–Crippen LogP) is 2.69. The molecular formula is C15H20N4O. The number of rotatable bonds is 6. The monoisotopic (exact) mass is 272 g/mol. The van der Waals surface area contributed by atoms with Crippen molar-refractivity contribution < 1.29 is 4.74 Å². The minimum absolute atomic E-state index is 0.508. The molecule has 0 aromatic carbocycles. The molecule has 1 N–H and O–H groups in total. The molecule has 5 heteroatoms. The minimum atomic E-state index is 0.508. The van der Waals surface area contributed by atoms with E-state index in [1.54, 1.807) is 19.4 Å². The number of methoxy groups -OCH3 is 1. The Bertz CT molecular complexity index is 543. The highest BCUT2D eigenvalue weighted by Crippen LogP contribution is 2.16. The number of nitrogens with one attached hydrogen (secondary N) is 1. The van der Waals surface area contributed by atoms with Crippen LogP contribution >= 0.6 is 0 Å². The lowest BCUT2D eigenvalue weighted by Gasteiger charge is -2.10. The van der Waals surface area contributed by atoms with Crippen LogP contribution in [0.4, 0.5) is 5.82 Å². The average molecular weight is 272 g/mol. The van der Waals surface area contributed by atoms with E-state index in [1.807, 2.05) is 18.3 Å². The third-order valence-corrected chi connectivity index (χ3v) is 2.75. The molecule has 0 atom stereocenters. The maximum absolute atomic E-state index is 5.23. The van der Waals surface area contributed by atoms with Crippen LogP contribution in [0.25, 0.3) is 0 Å². The van der Waals surface area contributed by atoms with Gasteiger partial charge in [-0.05, 0) is 17.5 Å². The van der Waals surface area contributed by atoms with E-state index in [-0.39, 0.29) is 0 Å². The van der Waals surface area contributed by atoms with Crippen molar-refractivity contribution in [2.75, 3.05) is 12.4 Å². The molecule has 0 radical (unpaired) electrons. The van der Waals surface area contributed by atoms with Crippen molar-refractivity contribution in [1.82, 2.24) is 15.0 Å². The van der Waals surface area contributed by atoms with Gasteiger partial charge in [-0.25, -0.2) is 4.98 Å². The Morgan fingerprint density at radius 1 is 1.30 bits per heavy atom. The van der Waals surface area contributed by atoms with Gasteiger partial charge in [-0.1, -0.05) is 19.9 Å². The lowest BCUT2D eigenvalue weighted by atomic mass is 10.1. The van der Waals surface area contributed by atoms with Crippen LogP contribution in [0.5, 0.6) is 5.88 Å². The van der Waals surface area contributed by atoms with Gasteiger partial charge in [-0.2, -0.15) is 4.98 Å². The molecule has 2 rings (SSSR count). The normalized spacial score (nSPS) is 10.6. The van der Waals surface area contributed by atoms with Gasteiger partial charge < -0.3 is 10.1 Å². The second kappa shape index (κ2) is 6.84. The molecule has 5 nitrogen and oxygen atoms in total. The van der Waals surface area contributed by atoms with Crippen molar-refractivity contribution in [2.45, 2.75) is 26.8 Å². The summed E-state index contributed by atoms with van der Waals surface area (Å²) < 4.78 is 5.23. The van der Waals surface area contributed by atoms with Crippen LogP contribution in [0.3, 0.4) is 0 Å². The Hall–Kier alpha value is -2.17. The van der Waals surface area contributed by atoms with Gasteiger partial charge in [0.05, 0.1) is 7.11 Å². The SMILES string of the molecule is COc1cc(NCc2cccnc2)nc(CC(C)C)n1. The molecular weight excluding hydrogens is 252 g/mol. The summed E-state index contributed by atoms with van der Waals surface area (Å²) in [4.78, 5) is 13.0. The highest BCUT2D eigenvalue weighted by Gasteiger charge is 2.07. The van der Waals surface area contributed by atoms with Gasteiger partial charge in [0.2, 0.25) is 5.88 Å². The molecule has 0 aliphatic heterocycles. The van der Waals surface area contributed by atoms with E-state index in [1.165, 1.54) is 0 Å². The van der Waals surface area contributed by atoms with Gasteiger partial charge in [0.15, 0.2) is 0 Å². The van der Waals surface area contributed by atoms with Gasteiger partial charge in [0.25, 0.3) is 0 Å². The Labute approximate surface area is 119 Å². The number of anilines is 1. The van der Waals surface area contributed by atoms with Crippen LogP contribution in [-0.4, -0.2) is 22.1 Å². The topological polar surface area (TPSA) is 59.9 Å². The van der Waals surface area contributed by atoms with Crippen LogP contribution in [0, 0.1) is 5.92 Å². The molecule has 20 heavy (non-hydrogen) atoms. The summed E-state index contributed by atoms with van der Waals surface area (Å²) in [6.07, 6.45) is 4.43. The molecule has 0 bridgehead atoms. The molecule has 2 aromatic rings. The maximum Gasteiger partial charge on any atom is 0.218 e. The van der Waals surface area contributed by atoms with Crippen LogP contribution in [-0.2, 0) is 13.0 Å². The average Bonchev–Trinajstić information content (AvgIpc) is 2.45. The molecule has 106 valence electrons. The number of ether oxygens (including phenoxy) is 1. The summed E-state index contributed by atoms with van der Waals surface area (Å²) in [5.74, 6) is 2.67. The third-order valence-electron chi connectivity index (χ3n) is 2.75. The minimum Gasteiger partial charge on any atom is -0.481 e. The van der Waals surface area contributed by atoms with Gasteiger partial charge in [0.1, 0.15) is 11.6 Å². The molecule has 0 aliphatic carbocycles. The second-order valence-corrected chi connectivity index (χ2v) is 5.02. The zero-order chi connectivity index (χ0) is 14.4. The first-order valence-electron chi connectivity index (χ1n) is 6.72. The maximum atomic E-state index is 5.23. The summed E-state index contributed by atoms with van der Waals surface area (Å²) in [6, 6.07) is 5.75. The summed E-state index contributed by atoms with van der Waals surface area (Å²) in [5, 5.41) is 3.28. The van der Waals surface area contributed by atoms with E-state index in [2.05, 4.69) is 34.1 Å². The van der Waals surface area contributed by atoms with Crippen LogP contribution in [0.1, 0.15) is 25.2 Å². The van der Waals surface area contributed by atoms with Gasteiger partial charge >= 0.3 is 0 Å². The Morgan fingerprint density at radius 3 is 2.80 bits per heavy atom. The number of pyridine rings is 1. The van der Waals surface area contributed by atoms with E-state index in [9.17, 15) is 0 Å². The Morgan fingerprint density at radius 2 is 2.15 bits per heavy atom. The molecule has 0 fully saturated rings. The first kappa shape index (κ1) is 14.2. The lowest BCUT2D eigenvalue weighted by Crippen LogP contribution is -2.07. The summed E-state index contributed by atoms with van der Waals surface area (Å²) in [5.41, 5.74) is 1.11. The second-order valence-electron chi connectivity index (χ2n) is 5.02. The molecule has 0 unspecified atom stereocenters. The van der Waals surface area contributed by atoms with Crippen molar-refractivity contribution in [3.05, 3.63) is 42.0 Å². The Balaban J connectivity index is 2.10. The van der Waals surface area contributed by atoms with E-state index < -0.39 is 0 Å². The zero-order valence-electron chi connectivity index (χ0n) is 12.1. The van der Waals surface area contributed by atoms with Crippen molar-refractivity contribution >= 4 is 5.82 Å². The number of aromatic nitrogens is 3. The molecule has 0 amide bonds. The first-order valence-corrected chi connectivity index (χ1v) is 6.72. The Kier molecular flexibility index (Phi) is 4.87. The number of hydrogen-bond acceptors (Lipinski definition) is 5. The fraction of sp³-hybridized carbons (Fsp3) is 0.400. The van der Waals surface area contributed by atoms with Crippen molar-refractivity contribution in [2.24, 2.45) is 5.92 Å². The quantitative estimate of drug-likeness (QED) is 0.876. The highest BCUT2D eigenvalue weighted by atomic mass is 16.5. The fourth-order valence-electron chi connectivity index (χ4n) is 1.82. The van der Waals surface area contributed by atoms with Crippen molar-refractivity contribution in [3.8, 4) is 5.88 Å². The van der Waals surface area contributed by atoms with E-state index in [4.69, 9.17) is 4.74 Å². The van der Waals surface area contributed by atoms with Crippen molar-refractivity contribution in [3.63, 3.8) is 0 Å². The third kappa shape index (κ3) is 4.19. The molecule has 0 saturated carbocycles. The summed E-state index contributed by atoms with van der Waals surface area (Å²) in [7, 11) is 1.62. The number of hydrogen-bond donors (Lipinski definition) is 1. The van der Waals surface area contributed by atoms with Gasteiger partial charge in [-0.3, -0.25) is 4.98 Å². The zero-order valence-corrected chi connectivity index (χ0v) is 12.1. The summed E-state index contributed by atoms with van der Waals surface area (Å²) in [6.45, 7) is 4.96. The standard InChI is InChI=1S/C15H20N4O/c1-11(2)7-14-18-13(8-15(19-14)20-3)17-10-12-5-4-6-16-9-12/h4-6,8-9,11H,7,10H2,1-3H3,(H,17,18,19). The molecule has 2 aromatic heterocycles. The van der Waals surface area contributed by atoms with Gasteiger partial charge in [0, 0.05) is 31.4 Å². The number of nitrogens with zero attached hydrogens (tertiary/aromatic N) is 3.